The number of likely N-dealkylation sites (N-methyl/N-ethyl adjacent to an activating group) is 1. The van der Waals surface area contributed by atoms with Crippen LogP contribution in [-0.2, 0) is 20.7 Å². The Labute approximate surface area is 199 Å². The van der Waals surface area contributed by atoms with Gasteiger partial charge >= 0.3 is 0 Å². The van der Waals surface area contributed by atoms with Crippen LogP contribution in [0.5, 0.6) is 0 Å². The van der Waals surface area contributed by atoms with E-state index in [9.17, 15) is 9.90 Å². The number of hydrogen-bond donors (Lipinski definition) is 2. The number of aliphatic hydroxyl groups is 1. The van der Waals surface area contributed by atoms with Gasteiger partial charge in [-0.25, -0.2) is 0 Å². The number of nitrogens with zero attached hydrogens (tertiary/aromatic N) is 1. The van der Waals surface area contributed by atoms with E-state index in [1.165, 1.54) is 43.2 Å². The van der Waals surface area contributed by atoms with Gasteiger partial charge in [-0.2, -0.15) is 0 Å². The predicted molar refractivity (Wildman–Crippen MR) is 129 cm³/mol. The van der Waals surface area contributed by atoms with Crippen LogP contribution in [0, 0.1) is 0 Å². The van der Waals surface area contributed by atoms with Crippen molar-refractivity contribution >= 4 is 5.91 Å². The molecule has 0 radical (unpaired) electrons. The van der Waals surface area contributed by atoms with E-state index in [0.717, 1.165) is 38.0 Å². The van der Waals surface area contributed by atoms with E-state index in [0.29, 0.717) is 6.54 Å². The van der Waals surface area contributed by atoms with Crippen molar-refractivity contribution in [1.29, 1.82) is 0 Å². The molecule has 1 aromatic rings. The lowest BCUT2D eigenvalue weighted by molar-refractivity contribution is -0.202. The molecule has 1 amide bonds. The summed E-state index contributed by atoms with van der Waals surface area (Å²) in [7, 11) is 3.80. The first-order valence-electron chi connectivity index (χ1n) is 13.0. The molecule has 4 rings (SSSR count). The molecule has 6 heteroatoms. The molecule has 3 aliphatic rings. The molecule has 5 atom stereocenters. The highest BCUT2D eigenvalue weighted by Crippen LogP contribution is 2.34. The van der Waals surface area contributed by atoms with Crippen molar-refractivity contribution in [2.24, 2.45) is 0 Å². The third-order valence-corrected chi connectivity index (χ3v) is 7.62. The van der Waals surface area contributed by atoms with E-state index in [1.54, 1.807) is 0 Å². The minimum absolute atomic E-state index is 0.0170. The Balaban J connectivity index is 1.37. The van der Waals surface area contributed by atoms with Gasteiger partial charge < -0.3 is 24.8 Å². The number of carbonyl (C=O) groups excluding carboxylic acids is 1. The SMILES string of the molecule is CN(C)CC(=O)N[C@@H]1C[C@@H]2O[C@H](CO)CC[C@@H]2O[C@@H]1CCc1ccc(C2CCCCC2)cc1. The Morgan fingerprint density at radius 1 is 1.03 bits per heavy atom. The second-order valence-electron chi connectivity index (χ2n) is 10.5. The van der Waals surface area contributed by atoms with E-state index < -0.39 is 0 Å². The highest BCUT2D eigenvalue weighted by Gasteiger charge is 2.42. The maximum Gasteiger partial charge on any atom is 0.234 e. The third kappa shape index (κ3) is 6.78. The molecule has 2 aliphatic heterocycles. The number of fused-ring (bicyclic) bond motifs is 1. The van der Waals surface area contributed by atoms with Gasteiger partial charge in [0.15, 0.2) is 0 Å². The number of aryl methyl sites for hydroxylation is 1. The highest BCUT2D eigenvalue weighted by molar-refractivity contribution is 5.78. The Morgan fingerprint density at radius 3 is 2.48 bits per heavy atom. The van der Waals surface area contributed by atoms with Gasteiger partial charge in [-0.05, 0) is 76.1 Å². The van der Waals surface area contributed by atoms with Crippen molar-refractivity contribution in [3.8, 4) is 0 Å². The van der Waals surface area contributed by atoms with Crippen LogP contribution >= 0.6 is 0 Å². The van der Waals surface area contributed by atoms with Crippen LogP contribution in [-0.4, -0.2) is 73.6 Å². The van der Waals surface area contributed by atoms with E-state index in [-0.39, 0.29) is 43.0 Å². The molecular weight excluding hydrogens is 416 g/mol. The van der Waals surface area contributed by atoms with E-state index in [4.69, 9.17) is 9.47 Å². The van der Waals surface area contributed by atoms with Crippen LogP contribution in [0.25, 0.3) is 0 Å². The summed E-state index contributed by atoms with van der Waals surface area (Å²) >= 11 is 0. The first-order valence-corrected chi connectivity index (χ1v) is 13.0. The molecule has 1 aliphatic carbocycles. The quantitative estimate of drug-likeness (QED) is 0.625. The number of nitrogens with one attached hydrogen (secondary N) is 1. The smallest absolute Gasteiger partial charge is 0.234 e. The normalized spacial score (nSPS) is 30.7. The van der Waals surface area contributed by atoms with Crippen LogP contribution in [0.3, 0.4) is 0 Å². The lowest BCUT2D eigenvalue weighted by Gasteiger charge is -2.45. The predicted octanol–water partition coefficient (Wildman–Crippen LogP) is 3.41. The number of carbonyl (C=O) groups is 1. The van der Waals surface area contributed by atoms with Gasteiger partial charge in [0, 0.05) is 0 Å². The minimum atomic E-state index is -0.118. The summed E-state index contributed by atoms with van der Waals surface area (Å²) in [5.41, 5.74) is 2.82. The Morgan fingerprint density at radius 2 is 1.79 bits per heavy atom. The first-order chi connectivity index (χ1) is 16.0. The number of aliphatic hydroxyl groups excluding tert-OH is 1. The molecule has 6 nitrogen and oxygen atoms in total. The summed E-state index contributed by atoms with van der Waals surface area (Å²) in [6, 6.07) is 9.14. The topological polar surface area (TPSA) is 71.0 Å². The molecule has 33 heavy (non-hydrogen) atoms. The maximum absolute atomic E-state index is 12.5. The fraction of sp³-hybridized carbons (Fsp3) is 0.741. The zero-order valence-corrected chi connectivity index (χ0v) is 20.4. The number of amides is 1. The number of benzene rings is 1. The summed E-state index contributed by atoms with van der Waals surface area (Å²) in [5.74, 6) is 0.750. The van der Waals surface area contributed by atoms with Gasteiger partial charge in [-0.15, -0.1) is 0 Å². The average Bonchev–Trinajstić information content (AvgIpc) is 2.82. The van der Waals surface area contributed by atoms with Crippen LogP contribution in [0.15, 0.2) is 24.3 Å². The molecule has 0 bridgehead atoms. The lowest BCUT2D eigenvalue weighted by atomic mass is 9.83. The molecule has 2 N–H and O–H groups in total. The van der Waals surface area contributed by atoms with E-state index in [1.807, 2.05) is 19.0 Å². The molecule has 184 valence electrons. The summed E-state index contributed by atoms with van der Waals surface area (Å²) in [6.07, 6.45) is 10.9. The van der Waals surface area contributed by atoms with E-state index >= 15 is 0 Å². The molecular formula is C27H42N2O4. The molecule has 2 heterocycles. The van der Waals surface area contributed by atoms with Crippen LogP contribution < -0.4 is 5.32 Å². The third-order valence-electron chi connectivity index (χ3n) is 7.62. The molecule has 0 spiro atoms. The van der Waals surface area contributed by atoms with Crippen LogP contribution in [0.1, 0.15) is 74.8 Å². The Bertz CT molecular complexity index is 747. The number of ether oxygens (including phenoxy) is 2. The molecule has 0 unspecified atom stereocenters. The molecule has 3 fully saturated rings. The summed E-state index contributed by atoms with van der Waals surface area (Å²) < 4.78 is 12.6. The van der Waals surface area contributed by atoms with Gasteiger partial charge in [0.25, 0.3) is 0 Å². The summed E-state index contributed by atoms with van der Waals surface area (Å²) in [5, 5.41) is 12.7. The van der Waals surface area contributed by atoms with Gasteiger partial charge in [-0.1, -0.05) is 43.5 Å². The second-order valence-corrected chi connectivity index (χ2v) is 10.5. The summed E-state index contributed by atoms with van der Waals surface area (Å²) in [6.45, 7) is 0.404. The van der Waals surface area contributed by atoms with Crippen LogP contribution in [0.2, 0.25) is 0 Å². The largest absolute Gasteiger partial charge is 0.394 e. The van der Waals surface area contributed by atoms with Crippen LogP contribution in [0.4, 0.5) is 0 Å². The van der Waals surface area contributed by atoms with Crippen molar-refractivity contribution < 1.29 is 19.4 Å². The lowest BCUT2D eigenvalue weighted by Crippen LogP contribution is -2.58. The van der Waals surface area contributed by atoms with E-state index in [2.05, 4.69) is 29.6 Å². The van der Waals surface area contributed by atoms with Gasteiger partial charge in [-0.3, -0.25) is 4.79 Å². The zero-order valence-electron chi connectivity index (χ0n) is 20.4. The second kappa shape index (κ2) is 11.8. The number of hydrogen-bond acceptors (Lipinski definition) is 5. The Kier molecular flexibility index (Phi) is 8.80. The first kappa shape index (κ1) is 24.6. The van der Waals surface area contributed by atoms with Crippen molar-refractivity contribution in [3.05, 3.63) is 35.4 Å². The monoisotopic (exact) mass is 458 g/mol. The molecule has 1 aromatic carbocycles. The maximum atomic E-state index is 12.5. The van der Waals surface area contributed by atoms with Gasteiger partial charge in [0.1, 0.15) is 0 Å². The van der Waals surface area contributed by atoms with Gasteiger partial charge in [0.2, 0.25) is 5.91 Å². The molecule has 0 aromatic heterocycles. The standard InChI is InChI=1S/C27H42N2O4/c1-29(2)17-27(31)28-23-16-26-25(15-13-22(18-30)32-26)33-24(23)14-10-19-8-11-21(12-9-19)20-6-4-3-5-7-20/h8-9,11-12,20,22-26,30H,3-7,10,13-18H2,1-2H3,(H,28,31)/t22-,23+,24+,25-,26-/m0/s1. The molecule has 2 saturated heterocycles. The van der Waals surface area contributed by atoms with Crippen molar-refractivity contribution in [2.75, 3.05) is 27.2 Å². The fourth-order valence-electron chi connectivity index (χ4n) is 5.82. The van der Waals surface area contributed by atoms with Crippen molar-refractivity contribution in [2.45, 2.75) is 101 Å². The minimum Gasteiger partial charge on any atom is -0.394 e. The fourth-order valence-corrected chi connectivity index (χ4v) is 5.82. The Hall–Kier alpha value is -1.47. The zero-order chi connectivity index (χ0) is 23.2. The average molecular weight is 459 g/mol. The van der Waals surface area contributed by atoms with Gasteiger partial charge in [0.05, 0.1) is 43.6 Å². The van der Waals surface area contributed by atoms with Crippen molar-refractivity contribution in [3.63, 3.8) is 0 Å². The number of rotatable bonds is 8. The molecule has 1 saturated carbocycles. The highest BCUT2D eigenvalue weighted by atomic mass is 16.6. The van der Waals surface area contributed by atoms with Crippen molar-refractivity contribution in [1.82, 2.24) is 10.2 Å². The summed E-state index contributed by atoms with van der Waals surface area (Å²) in [4.78, 5) is 14.4.